The van der Waals surface area contributed by atoms with Crippen molar-refractivity contribution in [1.82, 2.24) is 10.2 Å². The Balaban J connectivity index is 2.06. The topological polar surface area (TPSA) is 96.0 Å². The lowest BCUT2D eigenvalue weighted by Crippen LogP contribution is -2.53. The Labute approximate surface area is 250 Å². The number of nitrogens with zero attached hydrogens (tertiary/aromatic N) is 2. The summed E-state index contributed by atoms with van der Waals surface area (Å²) in [6, 6.07) is 20.0. The van der Waals surface area contributed by atoms with Crippen molar-refractivity contribution >= 4 is 27.5 Å². The van der Waals surface area contributed by atoms with Gasteiger partial charge in [0.15, 0.2) is 0 Å². The summed E-state index contributed by atoms with van der Waals surface area (Å²) in [6.45, 7) is 11.6. The van der Waals surface area contributed by atoms with Crippen LogP contribution >= 0.6 is 0 Å². The van der Waals surface area contributed by atoms with Gasteiger partial charge >= 0.3 is 0 Å². The van der Waals surface area contributed by atoms with Crippen LogP contribution in [0.1, 0.15) is 57.2 Å². The number of carbonyl (C=O) groups is 2. The average molecular weight is 594 g/mol. The maximum Gasteiger partial charge on any atom is 0.264 e. The third-order valence-corrected chi connectivity index (χ3v) is 8.93. The van der Waals surface area contributed by atoms with E-state index in [0.29, 0.717) is 24.5 Å². The van der Waals surface area contributed by atoms with Crippen molar-refractivity contribution in [2.75, 3.05) is 17.5 Å². The molecule has 0 fully saturated rings. The zero-order valence-corrected chi connectivity index (χ0v) is 26.3. The molecular formula is C33H43N3O5S. The lowest BCUT2D eigenvalue weighted by Gasteiger charge is -2.33. The van der Waals surface area contributed by atoms with Gasteiger partial charge in [-0.2, -0.15) is 0 Å². The first-order chi connectivity index (χ1) is 20.0. The zero-order chi connectivity index (χ0) is 30.9. The molecule has 9 heteroatoms. The summed E-state index contributed by atoms with van der Waals surface area (Å²) in [5.41, 5.74) is 3.11. The van der Waals surface area contributed by atoms with Gasteiger partial charge in [0.1, 0.15) is 18.3 Å². The fourth-order valence-corrected chi connectivity index (χ4v) is 6.02. The van der Waals surface area contributed by atoms with E-state index in [0.717, 1.165) is 27.4 Å². The average Bonchev–Trinajstić information content (AvgIpc) is 2.96. The fourth-order valence-electron chi connectivity index (χ4n) is 4.61. The van der Waals surface area contributed by atoms with E-state index in [1.54, 1.807) is 36.4 Å². The highest BCUT2D eigenvalue weighted by atomic mass is 32.2. The number of amides is 2. The predicted molar refractivity (Wildman–Crippen MR) is 167 cm³/mol. The van der Waals surface area contributed by atoms with E-state index < -0.39 is 28.5 Å². The third-order valence-electron chi connectivity index (χ3n) is 7.15. The molecule has 0 spiro atoms. The summed E-state index contributed by atoms with van der Waals surface area (Å²) < 4.78 is 34.7. The van der Waals surface area contributed by atoms with Crippen molar-refractivity contribution < 1.29 is 22.7 Å². The highest BCUT2D eigenvalue weighted by Gasteiger charge is 2.34. The second kappa shape index (κ2) is 14.9. The number of carbonyl (C=O) groups excluding carboxylic acids is 2. The van der Waals surface area contributed by atoms with E-state index >= 15 is 0 Å². The van der Waals surface area contributed by atoms with Gasteiger partial charge < -0.3 is 15.0 Å². The maximum atomic E-state index is 14.2. The minimum Gasteiger partial charge on any atom is -0.494 e. The molecule has 2 amide bonds. The fraction of sp³-hybridized carbons (Fsp3) is 0.394. The van der Waals surface area contributed by atoms with Crippen LogP contribution in [0.25, 0.3) is 0 Å². The SMILES string of the molecule is CCOc1ccc(N(CC(=O)N(Cc2cccc(C)c2)[C@@H](CC)C(=O)N[C@H](C)CC)S(=O)(=O)c2ccc(C)cc2)cc1. The molecule has 0 bridgehead atoms. The number of hydrogen-bond acceptors (Lipinski definition) is 5. The van der Waals surface area contributed by atoms with Gasteiger partial charge in [0.05, 0.1) is 17.2 Å². The first-order valence-corrected chi connectivity index (χ1v) is 15.9. The maximum absolute atomic E-state index is 14.2. The van der Waals surface area contributed by atoms with Gasteiger partial charge in [-0.25, -0.2) is 8.42 Å². The predicted octanol–water partition coefficient (Wildman–Crippen LogP) is 5.62. The van der Waals surface area contributed by atoms with Crippen LogP contribution in [0.5, 0.6) is 5.75 Å². The second-order valence-electron chi connectivity index (χ2n) is 10.5. The molecule has 0 aliphatic heterocycles. The van der Waals surface area contributed by atoms with Crippen molar-refractivity contribution in [2.45, 2.75) is 77.9 Å². The number of sulfonamides is 1. The minimum atomic E-state index is -4.14. The third kappa shape index (κ3) is 8.35. The van der Waals surface area contributed by atoms with Gasteiger partial charge in [0.25, 0.3) is 10.0 Å². The Morgan fingerprint density at radius 3 is 2.12 bits per heavy atom. The minimum absolute atomic E-state index is 0.0651. The van der Waals surface area contributed by atoms with E-state index in [1.807, 2.05) is 65.8 Å². The number of rotatable bonds is 14. The summed E-state index contributed by atoms with van der Waals surface area (Å²) in [5.74, 6) is -0.150. The van der Waals surface area contributed by atoms with Crippen molar-refractivity contribution in [3.63, 3.8) is 0 Å². The van der Waals surface area contributed by atoms with Crippen LogP contribution in [0.15, 0.2) is 77.7 Å². The molecule has 3 aromatic rings. The van der Waals surface area contributed by atoms with E-state index in [-0.39, 0.29) is 23.4 Å². The Bertz CT molecular complexity index is 1440. The second-order valence-corrected chi connectivity index (χ2v) is 12.4. The monoisotopic (exact) mass is 593 g/mol. The zero-order valence-electron chi connectivity index (χ0n) is 25.5. The van der Waals surface area contributed by atoms with Crippen LogP contribution in [0.2, 0.25) is 0 Å². The number of nitrogens with one attached hydrogen (secondary N) is 1. The van der Waals surface area contributed by atoms with Crippen LogP contribution < -0.4 is 14.4 Å². The Morgan fingerprint density at radius 2 is 1.55 bits per heavy atom. The summed E-state index contributed by atoms with van der Waals surface area (Å²) in [6.07, 6.45) is 1.11. The number of ether oxygens (including phenoxy) is 1. The first-order valence-electron chi connectivity index (χ1n) is 14.5. The van der Waals surface area contributed by atoms with E-state index in [1.165, 1.54) is 17.0 Å². The first kappa shape index (κ1) is 32.7. The molecule has 226 valence electrons. The number of anilines is 1. The molecule has 0 aliphatic rings. The van der Waals surface area contributed by atoms with Crippen LogP contribution in [-0.2, 0) is 26.2 Å². The largest absolute Gasteiger partial charge is 0.494 e. The van der Waals surface area contributed by atoms with E-state index in [2.05, 4.69) is 5.32 Å². The highest BCUT2D eigenvalue weighted by Crippen LogP contribution is 2.27. The van der Waals surface area contributed by atoms with Gasteiger partial charge in [-0.05, 0) is 82.5 Å². The summed E-state index contributed by atoms with van der Waals surface area (Å²) in [4.78, 5) is 29.2. The van der Waals surface area contributed by atoms with Crippen molar-refractivity contribution in [3.05, 3.63) is 89.5 Å². The lowest BCUT2D eigenvalue weighted by atomic mass is 10.1. The molecule has 0 heterocycles. The Morgan fingerprint density at radius 1 is 0.881 bits per heavy atom. The molecule has 0 aromatic heterocycles. The normalized spacial score (nSPS) is 12.7. The van der Waals surface area contributed by atoms with Crippen LogP contribution in [0, 0.1) is 13.8 Å². The van der Waals surface area contributed by atoms with Gasteiger partial charge in [0.2, 0.25) is 11.8 Å². The van der Waals surface area contributed by atoms with Gasteiger partial charge in [-0.15, -0.1) is 0 Å². The molecule has 3 rings (SSSR count). The summed E-state index contributed by atoms with van der Waals surface area (Å²) >= 11 is 0. The lowest BCUT2D eigenvalue weighted by molar-refractivity contribution is -0.140. The molecule has 3 aromatic carbocycles. The molecule has 0 radical (unpaired) electrons. The molecule has 2 atom stereocenters. The van der Waals surface area contributed by atoms with Crippen LogP contribution in [0.3, 0.4) is 0 Å². The molecular weight excluding hydrogens is 550 g/mol. The summed E-state index contributed by atoms with van der Waals surface area (Å²) in [5, 5.41) is 3.00. The molecule has 0 saturated carbocycles. The molecule has 0 saturated heterocycles. The Kier molecular flexibility index (Phi) is 11.6. The molecule has 0 unspecified atom stereocenters. The van der Waals surface area contributed by atoms with Crippen molar-refractivity contribution in [3.8, 4) is 5.75 Å². The Hall–Kier alpha value is -3.85. The van der Waals surface area contributed by atoms with Crippen LogP contribution in [-0.4, -0.2) is 50.4 Å². The van der Waals surface area contributed by atoms with Crippen molar-refractivity contribution in [2.24, 2.45) is 0 Å². The number of aryl methyl sites for hydroxylation is 2. The van der Waals surface area contributed by atoms with E-state index in [9.17, 15) is 18.0 Å². The molecule has 0 aliphatic carbocycles. The van der Waals surface area contributed by atoms with Gasteiger partial charge in [-0.3, -0.25) is 13.9 Å². The van der Waals surface area contributed by atoms with Gasteiger partial charge in [-0.1, -0.05) is 61.4 Å². The quantitative estimate of drug-likeness (QED) is 0.262. The molecule has 8 nitrogen and oxygen atoms in total. The standard InChI is InChI=1S/C33H43N3O5S/c1-7-26(6)34-33(38)31(8-2)35(22-27-12-10-11-25(5)21-27)32(37)23-36(28-15-17-29(18-16-28)41-9-3)42(39,40)30-19-13-24(4)14-20-30/h10-21,26,31H,7-9,22-23H2,1-6H3,(H,34,38)/t26-,31+/m1/s1. The number of hydrogen-bond donors (Lipinski definition) is 1. The number of benzene rings is 3. The highest BCUT2D eigenvalue weighted by molar-refractivity contribution is 7.92. The van der Waals surface area contributed by atoms with E-state index in [4.69, 9.17) is 4.74 Å². The van der Waals surface area contributed by atoms with Crippen LogP contribution in [0.4, 0.5) is 5.69 Å². The summed E-state index contributed by atoms with van der Waals surface area (Å²) in [7, 11) is -4.14. The smallest absolute Gasteiger partial charge is 0.264 e. The molecule has 1 N–H and O–H groups in total. The van der Waals surface area contributed by atoms with Gasteiger partial charge in [0, 0.05) is 12.6 Å². The molecule has 42 heavy (non-hydrogen) atoms. The van der Waals surface area contributed by atoms with Crippen molar-refractivity contribution in [1.29, 1.82) is 0 Å².